The van der Waals surface area contributed by atoms with Gasteiger partial charge in [0.05, 0.1) is 6.04 Å². The molecule has 0 saturated carbocycles. The Kier molecular flexibility index (Phi) is 6.40. The van der Waals surface area contributed by atoms with E-state index in [1.54, 1.807) is 31.4 Å². The average molecular weight is 497 g/mol. The molecule has 0 spiro atoms. The Labute approximate surface area is 214 Å². The van der Waals surface area contributed by atoms with Crippen molar-refractivity contribution in [2.24, 2.45) is 0 Å². The number of oxazole rings is 1. The highest BCUT2D eigenvalue weighted by atomic mass is 16.6. The molecule has 5 aromatic rings. The Morgan fingerprint density at radius 1 is 1.00 bits per heavy atom. The first-order valence-electron chi connectivity index (χ1n) is 12.1. The summed E-state index contributed by atoms with van der Waals surface area (Å²) in [6, 6.07) is 22.9. The molecule has 0 saturated heterocycles. The number of carbonyl (C=O) groups is 2. The Balaban J connectivity index is 1.43. The van der Waals surface area contributed by atoms with Crippen LogP contribution in [0.2, 0.25) is 0 Å². The summed E-state index contributed by atoms with van der Waals surface area (Å²) in [5, 5.41) is 7.98. The predicted octanol–water partition coefficient (Wildman–Crippen LogP) is 5.74. The van der Waals surface area contributed by atoms with Gasteiger partial charge >= 0.3 is 11.9 Å². The zero-order valence-electron chi connectivity index (χ0n) is 20.9. The summed E-state index contributed by atoms with van der Waals surface area (Å²) in [6.07, 6.45) is 2.59. The molecular formula is C29H28N4O4. The number of fused-ring (bicyclic) bond motifs is 2. The molecule has 5 rings (SSSR count). The van der Waals surface area contributed by atoms with Gasteiger partial charge in [-0.05, 0) is 43.2 Å². The summed E-state index contributed by atoms with van der Waals surface area (Å²) < 4.78 is 12.6. The van der Waals surface area contributed by atoms with E-state index >= 15 is 0 Å². The molecule has 0 aliphatic rings. The number of nitrogens with zero attached hydrogens (tertiary/aromatic N) is 2. The minimum atomic E-state index is -0.645. The first-order chi connectivity index (χ1) is 17.8. The van der Waals surface area contributed by atoms with Crippen molar-refractivity contribution in [3.05, 3.63) is 96.5 Å². The van der Waals surface area contributed by atoms with Gasteiger partial charge in [-0.15, -0.1) is 0 Å². The van der Waals surface area contributed by atoms with E-state index in [9.17, 15) is 9.59 Å². The molecule has 37 heavy (non-hydrogen) atoms. The van der Waals surface area contributed by atoms with Crippen molar-refractivity contribution in [3.63, 3.8) is 0 Å². The maximum atomic E-state index is 13.6. The van der Waals surface area contributed by atoms with Gasteiger partial charge in [0, 0.05) is 18.3 Å². The Bertz CT molecular complexity index is 1560. The maximum Gasteiger partial charge on any atom is 0.408 e. The van der Waals surface area contributed by atoms with Crippen molar-refractivity contribution in [2.45, 2.75) is 32.4 Å². The van der Waals surface area contributed by atoms with Gasteiger partial charge in [0.15, 0.2) is 0 Å². The Morgan fingerprint density at radius 2 is 1.73 bits per heavy atom. The summed E-state index contributed by atoms with van der Waals surface area (Å²) in [4.78, 5) is 30.7. The number of imidazole rings is 1. The second-order valence-electron chi connectivity index (χ2n) is 9.75. The minimum absolute atomic E-state index is 0.143. The molecular weight excluding hydrogens is 468 g/mol. The highest BCUT2D eigenvalue weighted by Gasteiger charge is 2.25. The monoisotopic (exact) mass is 496 g/mol. The zero-order chi connectivity index (χ0) is 26.0. The van der Waals surface area contributed by atoms with Crippen LogP contribution >= 0.6 is 0 Å². The number of rotatable bonds is 6. The molecule has 188 valence electrons. The van der Waals surface area contributed by atoms with E-state index < -0.39 is 17.7 Å². The van der Waals surface area contributed by atoms with Crippen LogP contribution in [0, 0.1) is 0 Å². The average Bonchev–Trinajstić information content (AvgIpc) is 3.47. The summed E-state index contributed by atoms with van der Waals surface area (Å²) >= 11 is 0. The molecule has 0 aliphatic carbocycles. The molecule has 0 fully saturated rings. The normalized spacial score (nSPS) is 12.4. The number of hydrogen-bond donors (Lipinski definition) is 2. The number of nitrogens with one attached hydrogen (secondary N) is 2. The van der Waals surface area contributed by atoms with Crippen LogP contribution in [0.3, 0.4) is 0 Å². The second kappa shape index (κ2) is 9.81. The highest BCUT2D eigenvalue weighted by Crippen LogP contribution is 2.28. The van der Waals surface area contributed by atoms with Gasteiger partial charge in [0.1, 0.15) is 23.3 Å². The molecule has 2 amide bonds. The summed E-state index contributed by atoms with van der Waals surface area (Å²) in [7, 11) is 0. The SMILES string of the molecule is CC(C)(C)OC(=O)NC(CNC(=O)c1c(-c2ccc3ccccc3c2)nc2occn12)c1ccccc1. The quantitative estimate of drug-likeness (QED) is 0.312. The number of ether oxygens (including phenoxy) is 1. The molecule has 1 atom stereocenters. The van der Waals surface area contributed by atoms with E-state index in [1.165, 1.54) is 6.26 Å². The lowest BCUT2D eigenvalue weighted by molar-refractivity contribution is 0.0500. The van der Waals surface area contributed by atoms with Crippen LogP contribution in [0.15, 0.2) is 89.7 Å². The van der Waals surface area contributed by atoms with Crippen molar-refractivity contribution >= 4 is 28.6 Å². The van der Waals surface area contributed by atoms with Crippen molar-refractivity contribution in [2.75, 3.05) is 6.54 Å². The lowest BCUT2D eigenvalue weighted by atomic mass is 10.0. The van der Waals surface area contributed by atoms with Gasteiger partial charge in [-0.25, -0.2) is 4.79 Å². The Morgan fingerprint density at radius 3 is 2.49 bits per heavy atom. The largest absolute Gasteiger partial charge is 0.444 e. The van der Waals surface area contributed by atoms with Crippen LogP contribution < -0.4 is 10.6 Å². The van der Waals surface area contributed by atoms with Crippen molar-refractivity contribution in [1.82, 2.24) is 20.0 Å². The van der Waals surface area contributed by atoms with E-state index in [4.69, 9.17) is 9.15 Å². The lowest BCUT2D eigenvalue weighted by Crippen LogP contribution is -2.40. The summed E-state index contributed by atoms with van der Waals surface area (Å²) in [6.45, 7) is 5.55. The number of benzene rings is 3. The first-order valence-corrected chi connectivity index (χ1v) is 12.1. The third kappa shape index (κ3) is 5.33. The van der Waals surface area contributed by atoms with E-state index in [1.807, 2.05) is 72.8 Å². The fourth-order valence-electron chi connectivity index (χ4n) is 4.21. The summed E-state index contributed by atoms with van der Waals surface area (Å²) in [5.74, 6) is -0.0243. The molecule has 0 aliphatic heterocycles. The number of hydrogen-bond acceptors (Lipinski definition) is 5. The van der Waals surface area contributed by atoms with Gasteiger partial charge in [-0.3, -0.25) is 9.20 Å². The maximum absolute atomic E-state index is 13.6. The molecule has 0 bridgehead atoms. The van der Waals surface area contributed by atoms with Crippen LogP contribution in [0.5, 0.6) is 0 Å². The van der Waals surface area contributed by atoms with Crippen molar-refractivity contribution < 1.29 is 18.7 Å². The number of alkyl carbamates (subject to hydrolysis) is 1. The summed E-state index contributed by atoms with van der Waals surface area (Å²) in [5.41, 5.74) is 1.86. The van der Waals surface area contributed by atoms with Gasteiger partial charge in [-0.2, -0.15) is 4.98 Å². The van der Waals surface area contributed by atoms with Crippen LogP contribution in [-0.4, -0.2) is 33.5 Å². The molecule has 8 nitrogen and oxygen atoms in total. The number of carbonyl (C=O) groups excluding carboxylic acids is 2. The molecule has 2 N–H and O–H groups in total. The standard InChI is InChI=1S/C29H28N4O4/c1-29(2,3)37-28(35)31-23(20-10-5-4-6-11-20)18-30-26(34)25-24(32-27-33(25)15-16-36-27)22-14-13-19-9-7-8-12-21(19)17-22/h4-17,23H,18H2,1-3H3,(H,30,34)(H,31,35). The fourth-order valence-corrected chi connectivity index (χ4v) is 4.21. The van der Waals surface area contributed by atoms with Gasteiger partial charge in [0.25, 0.3) is 5.91 Å². The topological polar surface area (TPSA) is 97.9 Å². The van der Waals surface area contributed by atoms with E-state index in [-0.39, 0.29) is 12.5 Å². The third-order valence-corrected chi connectivity index (χ3v) is 5.86. The van der Waals surface area contributed by atoms with Crippen LogP contribution in [0.1, 0.15) is 42.9 Å². The molecule has 2 heterocycles. The van der Waals surface area contributed by atoms with Gasteiger partial charge < -0.3 is 19.8 Å². The minimum Gasteiger partial charge on any atom is -0.444 e. The molecule has 0 radical (unpaired) electrons. The highest BCUT2D eigenvalue weighted by molar-refractivity contribution is 6.00. The molecule has 1 unspecified atom stereocenters. The van der Waals surface area contributed by atoms with Crippen LogP contribution in [-0.2, 0) is 4.74 Å². The first kappa shape index (κ1) is 24.1. The van der Waals surface area contributed by atoms with Crippen molar-refractivity contribution in [1.29, 1.82) is 0 Å². The number of amides is 2. The fraction of sp³-hybridized carbons (Fsp3) is 0.207. The lowest BCUT2D eigenvalue weighted by Gasteiger charge is -2.24. The third-order valence-electron chi connectivity index (χ3n) is 5.86. The van der Waals surface area contributed by atoms with Gasteiger partial charge in [0.2, 0.25) is 0 Å². The molecule has 2 aromatic heterocycles. The second-order valence-corrected chi connectivity index (χ2v) is 9.75. The number of aromatic nitrogens is 2. The predicted molar refractivity (Wildman–Crippen MR) is 141 cm³/mol. The smallest absolute Gasteiger partial charge is 0.408 e. The van der Waals surface area contributed by atoms with Crippen LogP contribution in [0.25, 0.3) is 27.9 Å². The van der Waals surface area contributed by atoms with Gasteiger partial charge in [-0.1, -0.05) is 66.7 Å². The van der Waals surface area contributed by atoms with Crippen LogP contribution in [0.4, 0.5) is 4.79 Å². The Hall–Kier alpha value is -4.59. The molecule has 3 aromatic carbocycles. The van der Waals surface area contributed by atoms with Crippen molar-refractivity contribution in [3.8, 4) is 11.3 Å². The van der Waals surface area contributed by atoms with E-state index in [0.717, 1.165) is 21.9 Å². The zero-order valence-corrected chi connectivity index (χ0v) is 20.9. The van der Waals surface area contributed by atoms with E-state index in [0.29, 0.717) is 17.2 Å². The molecule has 8 heteroatoms. The van der Waals surface area contributed by atoms with E-state index in [2.05, 4.69) is 15.6 Å².